The Morgan fingerprint density at radius 1 is 1.64 bits per heavy atom. The van der Waals surface area contributed by atoms with E-state index in [1.807, 2.05) is 12.3 Å². The van der Waals surface area contributed by atoms with Crippen LogP contribution in [-0.4, -0.2) is 36.5 Å². The predicted octanol–water partition coefficient (Wildman–Crippen LogP) is 0.646. The van der Waals surface area contributed by atoms with Gasteiger partial charge in [-0.3, -0.25) is 9.78 Å². The summed E-state index contributed by atoms with van der Waals surface area (Å²) in [5, 5.41) is 0. The van der Waals surface area contributed by atoms with Gasteiger partial charge in [0.15, 0.2) is 0 Å². The zero-order valence-electron chi connectivity index (χ0n) is 8.01. The Labute approximate surface area is 82.5 Å². The average molecular weight is 192 g/mol. The molecule has 2 rings (SSSR count). The summed E-state index contributed by atoms with van der Waals surface area (Å²) in [7, 11) is 1.65. The Balaban J connectivity index is 2.13. The van der Waals surface area contributed by atoms with Crippen LogP contribution in [0, 0.1) is 0 Å². The lowest BCUT2D eigenvalue weighted by atomic mass is 9.93. The SMILES string of the molecule is COc1ccncc1C1CN(C=O)C1. The third kappa shape index (κ3) is 1.43. The third-order valence-electron chi connectivity index (χ3n) is 2.53. The van der Waals surface area contributed by atoms with Crippen molar-refractivity contribution in [2.45, 2.75) is 5.92 Å². The van der Waals surface area contributed by atoms with E-state index in [2.05, 4.69) is 4.98 Å². The number of likely N-dealkylation sites (tertiary alicyclic amines) is 1. The lowest BCUT2D eigenvalue weighted by molar-refractivity contribution is -0.122. The molecule has 0 bridgehead atoms. The van der Waals surface area contributed by atoms with Gasteiger partial charge in [0, 0.05) is 37.0 Å². The lowest BCUT2D eigenvalue weighted by Gasteiger charge is -2.36. The highest BCUT2D eigenvalue weighted by Gasteiger charge is 2.29. The number of ether oxygens (including phenoxy) is 1. The number of amides is 1. The summed E-state index contributed by atoms with van der Waals surface area (Å²) in [6.07, 6.45) is 4.39. The minimum absolute atomic E-state index is 0.379. The second-order valence-electron chi connectivity index (χ2n) is 3.37. The highest BCUT2D eigenvalue weighted by atomic mass is 16.5. The van der Waals surface area contributed by atoms with E-state index in [1.54, 1.807) is 18.2 Å². The largest absolute Gasteiger partial charge is 0.496 e. The van der Waals surface area contributed by atoms with Gasteiger partial charge in [0.2, 0.25) is 6.41 Å². The fourth-order valence-electron chi connectivity index (χ4n) is 1.68. The quantitative estimate of drug-likeness (QED) is 0.660. The van der Waals surface area contributed by atoms with Gasteiger partial charge in [-0.05, 0) is 6.07 Å². The van der Waals surface area contributed by atoms with Crippen LogP contribution in [0.3, 0.4) is 0 Å². The van der Waals surface area contributed by atoms with Crippen molar-refractivity contribution in [3.05, 3.63) is 24.0 Å². The molecular formula is C10H12N2O2. The van der Waals surface area contributed by atoms with E-state index in [0.29, 0.717) is 5.92 Å². The Morgan fingerprint density at radius 3 is 3.07 bits per heavy atom. The molecule has 1 saturated heterocycles. The molecule has 0 aliphatic carbocycles. The van der Waals surface area contributed by atoms with E-state index in [4.69, 9.17) is 4.74 Å². The molecule has 1 aromatic rings. The smallest absolute Gasteiger partial charge is 0.209 e. The average Bonchev–Trinajstić information content (AvgIpc) is 2.17. The molecule has 0 unspecified atom stereocenters. The van der Waals surface area contributed by atoms with Crippen LogP contribution in [0.15, 0.2) is 18.5 Å². The van der Waals surface area contributed by atoms with E-state index in [0.717, 1.165) is 30.8 Å². The zero-order valence-corrected chi connectivity index (χ0v) is 8.01. The van der Waals surface area contributed by atoms with Crippen LogP contribution in [-0.2, 0) is 4.79 Å². The van der Waals surface area contributed by atoms with Crippen LogP contribution in [0.1, 0.15) is 11.5 Å². The van der Waals surface area contributed by atoms with Gasteiger partial charge in [-0.25, -0.2) is 0 Å². The maximum Gasteiger partial charge on any atom is 0.209 e. The number of hydrogen-bond donors (Lipinski definition) is 0. The molecule has 0 aromatic carbocycles. The minimum Gasteiger partial charge on any atom is -0.496 e. The van der Waals surface area contributed by atoms with Gasteiger partial charge in [-0.2, -0.15) is 0 Å². The van der Waals surface area contributed by atoms with E-state index >= 15 is 0 Å². The monoisotopic (exact) mass is 192 g/mol. The molecular weight excluding hydrogens is 180 g/mol. The number of rotatable bonds is 3. The Hall–Kier alpha value is -1.58. The molecule has 1 amide bonds. The maximum absolute atomic E-state index is 10.4. The summed E-state index contributed by atoms with van der Waals surface area (Å²) in [5.74, 6) is 1.24. The Kier molecular flexibility index (Phi) is 2.35. The van der Waals surface area contributed by atoms with Gasteiger partial charge in [-0.1, -0.05) is 0 Å². The first-order valence-electron chi connectivity index (χ1n) is 4.52. The summed E-state index contributed by atoms with van der Waals surface area (Å²) in [5.41, 5.74) is 1.09. The van der Waals surface area contributed by atoms with Crippen LogP contribution in [0.25, 0.3) is 0 Å². The first kappa shape index (κ1) is 8.99. The summed E-state index contributed by atoms with van der Waals surface area (Å²) < 4.78 is 5.22. The summed E-state index contributed by atoms with van der Waals surface area (Å²) in [6, 6.07) is 1.85. The van der Waals surface area contributed by atoms with Crippen molar-refractivity contribution in [1.29, 1.82) is 0 Å². The topological polar surface area (TPSA) is 42.4 Å². The van der Waals surface area contributed by atoms with E-state index in [9.17, 15) is 4.79 Å². The third-order valence-corrected chi connectivity index (χ3v) is 2.53. The van der Waals surface area contributed by atoms with Gasteiger partial charge in [-0.15, -0.1) is 0 Å². The van der Waals surface area contributed by atoms with Crippen molar-refractivity contribution < 1.29 is 9.53 Å². The van der Waals surface area contributed by atoms with Crippen molar-refractivity contribution >= 4 is 6.41 Å². The molecule has 14 heavy (non-hydrogen) atoms. The first-order valence-corrected chi connectivity index (χ1v) is 4.52. The highest BCUT2D eigenvalue weighted by molar-refractivity contribution is 5.51. The van der Waals surface area contributed by atoms with Gasteiger partial charge < -0.3 is 9.64 Å². The molecule has 0 atom stereocenters. The highest BCUT2D eigenvalue weighted by Crippen LogP contribution is 2.31. The van der Waals surface area contributed by atoms with Gasteiger partial charge in [0.1, 0.15) is 5.75 Å². The maximum atomic E-state index is 10.4. The van der Waals surface area contributed by atoms with Gasteiger partial charge in [0.25, 0.3) is 0 Å². The van der Waals surface area contributed by atoms with Crippen LogP contribution >= 0.6 is 0 Å². The van der Waals surface area contributed by atoms with Crippen LogP contribution in [0.5, 0.6) is 5.75 Å². The molecule has 1 aliphatic heterocycles. The van der Waals surface area contributed by atoms with Crippen LogP contribution in [0.4, 0.5) is 0 Å². The normalized spacial score (nSPS) is 16.2. The van der Waals surface area contributed by atoms with Crippen molar-refractivity contribution in [1.82, 2.24) is 9.88 Å². The molecule has 74 valence electrons. The second-order valence-corrected chi connectivity index (χ2v) is 3.37. The second kappa shape index (κ2) is 3.65. The number of pyridine rings is 1. The van der Waals surface area contributed by atoms with Crippen LogP contribution < -0.4 is 4.74 Å². The van der Waals surface area contributed by atoms with E-state index < -0.39 is 0 Å². The van der Waals surface area contributed by atoms with Crippen molar-refractivity contribution in [2.75, 3.05) is 20.2 Å². The summed E-state index contributed by atoms with van der Waals surface area (Å²) >= 11 is 0. The van der Waals surface area contributed by atoms with Gasteiger partial charge >= 0.3 is 0 Å². The molecule has 1 aliphatic rings. The fourth-order valence-corrected chi connectivity index (χ4v) is 1.68. The first-order chi connectivity index (χ1) is 6.85. The predicted molar refractivity (Wildman–Crippen MR) is 51.2 cm³/mol. The number of nitrogens with zero attached hydrogens (tertiary/aromatic N) is 2. The zero-order chi connectivity index (χ0) is 9.97. The van der Waals surface area contributed by atoms with Crippen molar-refractivity contribution in [2.24, 2.45) is 0 Å². The Morgan fingerprint density at radius 2 is 2.43 bits per heavy atom. The minimum atomic E-state index is 0.379. The standard InChI is InChI=1S/C10H12N2O2/c1-14-10-2-3-11-4-9(10)8-5-12(6-8)7-13/h2-4,7-8H,5-6H2,1H3. The molecule has 4 nitrogen and oxygen atoms in total. The van der Waals surface area contributed by atoms with E-state index in [1.165, 1.54) is 0 Å². The molecule has 0 N–H and O–H groups in total. The van der Waals surface area contributed by atoms with Crippen LogP contribution in [0.2, 0.25) is 0 Å². The number of carbonyl (C=O) groups excluding carboxylic acids is 1. The molecule has 0 spiro atoms. The van der Waals surface area contributed by atoms with Gasteiger partial charge in [0.05, 0.1) is 7.11 Å². The molecule has 1 aromatic heterocycles. The molecule has 4 heteroatoms. The summed E-state index contributed by atoms with van der Waals surface area (Å²) in [4.78, 5) is 16.2. The van der Waals surface area contributed by atoms with E-state index in [-0.39, 0.29) is 0 Å². The van der Waals surface area contributed by atoms with Crippen molar-refractivity contribution in [3.63, 3.8) is 0 Å². The molecule has 2 heterocycles. The molecule has 1 fully saturated rings. The summed E-state index contributed by atoms with van der Waals surface area (Å²) in [6.45, 7) is 1.54. The number of carbonyl (C=O) groups is 1. The van der Waals surface area contributed by atoms with Crippen molar-refractivity contribution in [3.8, 4) is 5.75 Å². The lowest BCUT2D eigenvalue weighted by Crippen LogP contribution is -2.43. The molecule has 0 radical (unpaired) electrons. The fraction of sp³-hybridized carbons (Fsp3) is 0.400. The number of methoxy groups -OCH3 is 1. The number of aromatic nitrogens is 1. The number of hydrogen-bond acceptors (Lipinski definition) is 3. The Bertz CT molecular complexity index is 335. The molecule has 0 saturated carbocycles.